The highest BCUT2D eigenvalue weighted by atomic mass is 16.6. The van der Waals surface area contributed by atoms with Crippen molar-refractivity contribution in [2.75, 3.05) is 26.4 Å². The largest absolute Gasteiger partial charge is 0.463 e. The summed E-state index contributed by atoms with van der Waals surface area (Å²) in [5.41, 5.74) is 0.245. The van der Waals surface area contributed by atoms with Gasteiger partial charge in [-0.2, -0.15) is 0 Å². The first-order valence-electron chi connectivity index (χ1n) is 6.29. The van der Waals surface area contributed by atoms with Crippen LogP contribution in [0.25, 0.3) is 0 Å². The quantitative estimate of drug-likeness (QED) is 0.236. The van der Waals surface area contributed by atoms with Crippen molar-refractivity contribution in [3.05, 3.63) is 12.2 Å². The first-order chi connectivity index (χ1) is 9.86. The molecular weight excluding hydrogens is 284 g/mol. The zero-order chi connectivity index (χ0) is 16.3. The van der Waals surface area contributed by atoms with E-state index in [2.05, 4.69) is 11.3 Å². The summed E-state index contributed by atoms with van der Waals surface area (Å²) < 4.78 is 14.0. The summed E-state index contributed by atoms with van der Waals surface area (Å²) >= 11 is 0. The fourth-order valence-corrected chi connectivity index (χ4v) is 1.00. The Morgan fingerprint density at radius 2 is 1.57 bits per heavy atom. The van der Waals surface area contributed by atoms with Crippen LogP contribution in [0.4, 0.5) is 0 Å². The minimum atomic E-state index is -1.14. The number of carbonyl (C=O) groups excluding carboxylic acids is 3. The Hall–Kier alpha value is -1.93. The van der Waals surface area contributed by atoms with Crippen molar-refractivity contribution in [1.29, 1.82) is 0 Å². The molecule has 1 unspecified atom stereocenters. The molecule has 0 spiro atoms. The Balaban J connectivity index is 3.64. The van der Waals surface area contributed by atoms with E-state index in [9.17, 15) is 14.4 Å². The molecule has 0 aromatic carbocycles. The molecule has 0 radical (unpaired) electrons. The van der Waals surface area contributed by atoms with E-state index in [1.54, 1.807) is 0 Å². The van der Waals surface area contributed by atoms with Crippen LogP contribution >= 0.6 is 0 Å². The van der Waals surface area contributed by atoms with Gasteiger partial charge in [-0.3, -0.25) is 9.59 Å². The van der Waals surface area contributed by atoms with Crippen molar-refractivity contribution < 1.29 is 38.8 Å². The van der Waals surface area contributed by atoms with Crippen LogP contribution in [0.15, 0.2) is 12.2 Å². The average Bonchev–Trinajstić information content (AvgIpc) is 2.46. The summed E-state index contributed by atoms with van der Waals surface area (Å²) in [5, 5.41) is 17.4. The van der Waals surface area contributed by atoms with Gasteiger partial charge in [0.1, 0.15) is 25.9 Å². The van der Waals surface area contributed by atoms with Gasteiger partial charge in [-0.1, -0.05) is 6.58 Å². The van der Waals surface area contributed by atoms with Gasteiger partial charge in [0.15, 0.2) is 0 Å². The first kappa shape index (κ1) is 19.1. The van der Waals surface area contributed by atoms with E-state index in [4.69, 9.17) is 19.7 Å². The highest BCUT2D eigenvalue weighted by Crippen LogP contribution is 1.98. The molecule has 0 amide bonds. The molecule has 0 bridgehead atoms. The number of hydrogen-bond donors (Lipinski definition) is 2. The predicted molar refractivity (Wildman–Crippen MR) is 70.0 cm³/mol. The lowest BCUT2D eigenvalue weighted by molar-refractivity contribution is -0.154. The lowest BCUT2D eigenvalue weighted by Gasteiger charge is -2.08. The number of ether oxygens (including phenoxy) is 3. The second-order valence-electron chi connectivity index (χ2n) is 4.16. The van der Waals surface area contributed by atoms with Gasteiger partial charge in [0.2, 0.25) is 0 Å². The Kier molecular flexibility index (Phi) is 9.82. The van der Waals surface area contributed by atoms with Crippen molar-refractivity contribution in [2.45, 2.75) is 25.9 Å². The fourth-order valence-electron chi connectivity index (χ4n) is 1.00. The number of hydrogen-bond acceptors (Lipinski definition) is 8. The number of esters is 3. The average molecular weight is 304 g/mol. The van der Waals surface area contributed by atoms with Crippen molar-refractivity contribution in [2.24, 2.45) is 0 Å². The van der Waals surface area contributed by atoms with Crippen molar-refractivity contribution in [3.8, 4) is 0 Å². The van der Waals surface area contributed by atoms with Gasteiger partial charge < -0.3 is 24.4 Å². The third kappa shape index (κ3) is 10.5. The van der Waals surface area contributed by atoms with Crippen LogP contribution in [-0.4, -0.2) is 60.7 Å². The van der Waals surface area contributed by atoms with Gasteiger partial charge in [-0.15, -0.1) is 0 Å². The second-order valence-corrected chi connectivity index (χ2v) is 4.16. The molecular formula is C13H20O8. The first-order valence-corrected chi connectivity index (χ1v) is 6.29. The minimum Gasteiger partial charge on any atom is -0.463 e. The summed E-state index contributed by atoms with van der Waals surface area (Å²) in [6, 6.07) is 0. The normalized spacial score (nSPS) is 11.4. The molecule has 8 heteroatoms. The zero-order valence-electron chi connectivity index (χ0n) is 11.9. The van der Waals surface area contributed by atoms with Crippen LogP contribution in [-0.2, 0) is 28.6 Å². The van der Waals surface area contributed by atoms with Crippen LogP contribution in [0, 0.1) is 0 Å². The number of aliphatic hydroxyl groups is 2. The molecule has 0 fully saturated rings. The Bertz CT molecular complexity index is 376. The molecule has 0 aromatic heterocycles. The van der Waals surface area contributed by atoms with E-state index in [1.165, 1.54) is 6.92 Å². The third-order valence-corrected chi connectivity index (χ3v) is 2.11. The second kappa shape index (κ2) is 10.8. The monoisotopic (exact) mass is 304 g/mol. The van der Waals surface area contributed by atoms with E-state index in [0.717, 1.165) is 0 Å². The fraction of sp³-hybridized carbons (Fsp3) is 0.615. The maximum absolute atomic E-state index is 11.2. The van der Waals surface area contributed by atoms with E-state index in [0.29, 0.717) is 0 Å². The van der Waals surface area contributed by atoms with E-state index in [1.807, 2.05) is 0 Å². The van der Waals surface area contributed by atoms with E-state index in [-0.39, 0.29) is 38.2 Å². The van der Waals surface area contributed by atoms with E-state index >= 15 is 0 Å². The van der Waals surface area contributed by atoms with Crippen LogP contribution < -0.4 is 0 Å². The molecule has 0 saturated heterocycles. The molecule has 0 aromatic rings. The van der Waals surface area contributed by atoms with Gasteiger partial charge in [-0.25, -0.2) is 4.79 Å². The van der Waals surface area contributed by atoms with Gasteiger partial charge >= 0.3 is 17.9 Å². The minimum absolute atomic E-state index is 0.0927. The van der Waals surface area contributed by atoms with Crippen LogP contribution in [0.3, 0.4) is 0 Å². The molecule has 0 aliphatic carbocycles. The van der Waals surface area contributed by atoms with E-state index < -0.39 is 30.6 Å². The number of carbonyl (C=O) groups is 3. The summed E-state index contributed by atoms with van der Waals surface area (Å²) in [4.78, 5) is 33.4. The molecule has 21 heavy (non-hydrogen) atoms. The molecule has 0 aliphatic rings. The summed E-state index contributed by atoms with van der Waals surface area (Å²) in [5.74, 6) is -1.90. The molecule has 0 saturated carbocycles. The molecule has 120 valence electrons. The summed E-state index contributed by atoms with van der Waals surface area (Å²) in [7, 11) is 0. The Morgan fingerprint density at radius 1 is 1.05 bits per heavy atom. The van der Waals surface area contributed by atoms with Crippen molar-refractivity contribution in [1.82, 2.24) is 0 Å². The van der Waals surface area contributed by atoms with Gasteiger partial charge in [-0.05, 0) is 6.92 Å². The molecule has 1 atom stereocenters. The van der Waals surface area contributed by atoms with Gasteiger partial charge in [0.05, 0.1) is 19.4 Å². The highest BCUT2D eigenvalue weighted by Gasteiger charge is 2.11. The molecule has 0 aliphatic heterocycles. The summed E-state index contributed by atoms with van der Waals surface area (Å²) in [6.45, 7) is 3.82. The van der Waals surface area contributed by atoms with Gasteiger partial charge in [0, 0.05) is 5.57 Å². The predicted octanol–water partition coefficient (Wildman–Crippen LogP) is -0.675. The molecule has 0 rings (SSSR count). The maximum Gasteiger partial charge on any atom is 0.333 e. The zero-order valence-corrected chi connectivity index (χ0v) is 11.9. The van der Waals surface area contributed by atoms with Gasteiger partial charge in [0.25, 0.3) is 0 Å². The maximum atomic E-state index is 11.2. The van der Waals surface area contributed by atoms with Crippen LogP contribution in [0.5, 0.6) is 0 Å². The number of rotatable bonds is 10. The molecule has 8 nitrogen and oxygen atoms in total. The van der Waals surface area contributed by atoms with Crippen molar-refractivity contribution >= 4 is 17.9 Å². The number of aliphatic hydroxyl groups excluding tert-OH is 2. The Labute approximate surface area is 122 Å². The third-order valence-electron chi connectivity index (χ3n) is 2.11. The lowest BCUT2D eigenvalue weighted by Crippen LogP contribution is -2.22. The summed E-state index contributed by atoms with van der Waals surface area (Å²) in [6.07, 6.45) is -1.53. The van der Waals surface area contributed by atoms with Crippen LogP contribution in [0.1, 0.15) is 19.8 Å². The SMILES string of the molecule is C=C(C)C(=O)OCCOC(=O)CCC(=O)OCC(O)CO. The lowest BCUT2D eigenvalue weighted by atomic mass is 10.3. The van der Waals surface area contributed by atoms with Crippen molar-refractivity contribution in [3.63, 3.8) is 0 Å². The highest BCUT2D eigenvalue weighted by molar-refractivity contribution is 5.86. The topological polar surface area (TPSA) is 119 Å². The van der Waals surface area contributed by atoms with Crippen LogP contribution in [0.2, 0.25) is 0 Å². The smallest absolute Gasteiger partial charge is 0.333 e. The molecule has 2 N–H and O–H groups in total. The Morgan fingerprint density at radius 3 is 2.10 bits per heavy atom. The standard InChI is InChI=1S/C13H20O8/c1-9(2)13(18)20-6-5-19-11(16)3-4-12(17)21-8-10(15)7-14/h10,14-15H,1,3-8H2,2H3. The molecule has 0 heterocycles.